The Balaban J connectivity index is 0.00000420. The standard InChI is InChI=1S/C20H31ClN4O3.HI/c1-3-22-20(23-9-4-11-28-16-8-12-27-14-16)24-10-7-19(26)25-18-6-5-15(2)13-17(18)21;/h5-6,13,16H,3-4,7-12,14H2,1-2H3,(H,25,26)(H2,22,23,24);1H. The van der Waals surface area contributed by atoms with Crippen molar-refractivity contribution in [2.75, 3.05) is 44.8 Å². The van der Waals surface area contributed by atoms with Gasteiger partial charge in [-0.05, 0) is 44.4 Å². The lowest BCUT2D eigenvalue weighted by Crippen LogP contribution is -2.38. The van der Waals surface area contributed by atoms with E-state index in [-0.39, 0.29) is 36.0 Å². The van der Waals surface area contributed by atoms with Gasteiger partial charge in [0.1, 0.15) is 0 Å². The molecule has 1 aromatic rings. The fraction of sp³-hybridized carbons (Fsp3) is 0.600. The van der Waals surface area contributed by atoms with E-state index in [1.807, 2.05) is 32.0 Å². The molecule has 1 amide bonds. The van der Waals surface area contributed by atoms with Crippen molar-refractivity contribution in [1.29, 1.82) is 0 Å². The third-order valence-corrected chi connectivity index (χ3v) is 4.51. The molecule has 1 unspecified atom stereocenters. The zero-order valence-electron chi connectivity index (χ0n) is 17.1. The highest BCUT2D eigenvalue weighted by molar-refractivity contribution is 14.0. The molecular formula is C20H32ClIN4O3. The van der Waals surface area contributed by atoms with Gasteiger partial charge in [0.05, 0.1) is 23.4 Å². The monoisotopic (exact) mass is 538 g/mol. The van der Waals surface area contributed by atoms with Crippen LogP contribution in [0.5, 0.6) is 0 Å². The number of carbonyl (C=O) groups is 1. The lowest BCUT2D eigenvalue weighted by molar-refractivity contribution is -0.116. The van der Waals surface area contributed by atoms with Gasteiger partial charge in [-0.1, -0.05) is 17.7 Å². The van der Waals surface area contributed by atoms with Crippen LogP contribution >= 0.6 is 35.6 Å². The molecule has 1 heterocycles. The fourth-order valence-corrected chi connectivity index (χ4v) is 3.00. The molecule has 9 heteroatoms. The topological polar surface area (TPSA) is 84.0 Å². The number of aryl methyl sites for hydroxylation is 1. The molecule has 1 aliphatic rings. The van der Waals surface area contributed by atoms with Crippen LogP contribution in [0.3, 0.4) is 0 Å². The highest BCUT2D eigenvalue weighted by atomic mass is 127. The van der Waals surface area contributed by atoms with Crippen LogP contribution < -0.4 is 16.0 Å². The molecule has 2 rings (SSSR count). The van der Waals surface area contributed by atoms with Gasteiger partial charge < -0.3 is 25.4 Å². The van der Waals surface area contributed by atoms with E-state index in [1.165, 1.54) is 0 Å². The molecule has 0 aliphatic carbocycles. The van der Waals surface area contributed by atoms with E-state index < -0.39 is 0 Å². The molecule has 1 saturated heterocycles. The van der Waals surface area contributed by atoms with Gasteiger partial charge in [-0.25, -0.2) is 0 Å². The van der Waals surface area contributed by atoms with Crippen molar-refractivity contribution >= 4 is 53.1 Å². The Kier molecular flexibility index (Phi) is 13.2. The van der Waals surface area contributed by atoms with Crippen molar-refractivity contribution in [3.63, 3.8) is 0 Å². The largest absolute Gasteiger partial charge is 0.379 e. The number of nitrogens with zero attached hydrogens (tertiary/aromatic N) is 1. The van der Waals surface area contributed by atoms with E-state index in [2.05, 4.69) is 20.9 Å². The minimum atomic E-state index is -0.0960. The molecule has 29 heavy (non-hydrogen) atoms. The smallest absolute Gasteiger partial charge is 0.226 e. The van der Waals surface area contributed by atoms with Gasteiger partial charge >= 0.3 is 0 Å². The van der Waals surface area contributed by atoms with Crippen LogP contribution in [-0.4, -0.2) is 57.4 Å². The SMILES string of the molecule is CCNC(=NCCCOC1CCOC1)NCCC(=O)Nc1ccc(C)cc1Cl.I. The van der Waals surface area contributed by atoms with E-state index in [4.69, 9.17) is 21.1 Å². The first kappa shape index (κ1) is 25.9. The Morgan fingerprint density at radius 1 is 1.38 bits per heavy atom. The molecule has 0 aromatic heterocycles. The lowest BCUT2D eigenvalue weighted by atomic mass is 10.2. The zero-order chi connectivity index (χ0) is 20.2. The maximum absolute atomic E-state index is 12.1. The maximum atomic E-state index is 12.1. The summed E-state index contributed by atoms with van der Waals surface area (Å²) in [6.45, 7) is 8.03. The predicted molar refractivity (Wildman–Crippen MR) is 129 cm³/mol. The van der Waals surface area contributed by atoms with Crippen molar-refractivity contribution in [1.82, 2.24) is 10.6 Å². The molecule has 3 N–H and O–H groups in total. The summed E-state index contributed by atoms with van der Waals surface area (Å²) < 4.78 is 11.0. The Hall–Kier alpha value is -1.10. The van der Waals surface area contributed by atoms with E-state index in [9.17, 15) is 4.79 Å². The molecule has 0 spiro atoms. The quantitative estimate of drug-likeness (QED) is 0.184. The Bertz CT molecular complexity index is 655. The second-order valence-electron chi connectivity index (χ2n) is 6.68. The van der Waals surface area contributed by atoms with Gasteiger partial charge in [-0.2, -0.15) is 0 Å². The fourth-order valence-electron chi connectivity index (χ4n) is 2.72. The van der Waals surface area contributed by atoms with Gasteiger partial charge in [0.15, 0.2) is 5.96 Å². The molecule has 0 bridgehead atoms. The van der Waals surface area contributed by atoms with Crippen molar-refractivity contribution in [2.24, 2.45) is 4.99 Å². The molecule has 1 fully saturated rings. The molecule has 1 aliphatic heterocycles. The lowest BCUT2D eigenvalue weighted by Gasteiger charge is -2.12. The van der Waals surface area contributed by atoms with E-state index in [0.29, 0.717) is 49.4 Å². The number of hydrogen-bond donors (Lipinski definition) is 3. The first-order valence-corrected chi connectivity index (χ1v) is 10.2. The summed E-state index contributed by atoms with van der Waals surface area (Å²) >= 11 is 6.15. The van der Waals surface area contributed by atoms with Crippen LogP contribution in [-0.2, 0) is 14.3 Å². The number of guanidine groups is 1. The molecular weight excluding hydrogens is 507 g/mol. The molecule has 1 aromatic carbocycles. The summed E-state index contributed by atoms with van der Waals surface area (Å²) in [5, 5.41) is 9.73. The Morgan fingerprint density at radius 3 is 2.90 bits per heavy atom. The molecule has 164 valence electrons. The minimum absolute atomic E-state index is 0. The van der Waals surface area contributed by atoms with Crippen molar-refractivity contribution in [3.8, 4) is 0 Å². The van der Waals surface area contributed by atoms with E-state index in [1.54, 1.807) is 0 Å². The van der Waals surface area contributed by atoms with Gasteiger partial charge in [0.25, 0.3) is 0 Å². The van der Waals surface area contributed by atoms with Crippen molar-refractivity contribution in [2.45, 2.75) is 39.2 Å². The van der Waals surface area contributed by atoms with Crippen molar-refractivity contribution in [3.05, 3.63) is 28.8 Å². The summed E-state index contributed by atoms with van der Waals surface area (Å²) in [4.78, 5) is 16.6. The van der Waals surface area contributed by atoms with Crippen LogP contribution in [0.25, 0.3) is 0 Å². The number of anilines is 1. The van der Waals surface area contributed by atoms with Crippen LogP contribution in [0.15, 0.2) is 23.2 Å². The number of halogens is 2. The van der Waals surface area contributed by atoms with Gasteiger partial charge in [-0.3, -0.25) is 9.79 Å². The second-order valence-corrected chi connectivity index (χ2v) is 7.09. The van der Waals surface area contributed by atoms with Crippen molar-refractivity contribution < 1.29 is 14.3 Å². The summed E-state index contributed by atoms with van der Waals surface area (Å²) in [6.07, 6.45) is 2.37. The first-order valence-electron chi connectivity index (χ1n) is 9.86. The van der Waals surface area contributed by atoms with E-state index >= 15 is 0 Å². The zero-order valence-corrected chi connectivity index (χ0v) is 20.2. The molecule has 0 radical (unpaired) electrons. The summed E-state index contributed by atoms with van der Waals surface area (Å²) in [7, 11) is 0. The maximum Gasteiger partial charge on any atom is 0.226 e. The number of aliphatic imine (C=N–C) groups is 1. The average molecular weight is 539 g/mol. The second kappa shape index (κ2) is 14.8. The van der Waals surface area contributed by atoms with Gasteiger partial charge in [0, 0.05) is 39.3 Å². The highest BCUT2D eigenvalue weighted by Crippen LogP contribution is 2.22. The molecule has 0 saturated carbocycles. The number of carbonyl (C=O) groups excluding carboxylic acids is 1. The highest BCUT2D eigenvalue weighted by Gasteiger charge is 2.15. The number of benzene rings is 1. The minimum Gasteiger partial charge on any atom is -0.379 e. The number of ether oxygens (including phenoxy) is 2. The number of nitrogens with one attached hydrogen (secondary N) is 3. The average Bonchev–Trinajstić information content (AvgIpc) is 3.17. The predicted octanol–water partition coefficient (Wildman–Crippen LogP) is 3.35. The van der Waals surface area contributed by atoms with Gasteiger partial charge in [0.2, 0.25) is 5.91 Å². The third kappa shape index (κ3) is 10.5. The van der Waals surface area contributed by atoms with Crippen LogP contribution in [0.1, 0.15) is 31.7 Å². The molecule has 7 nitrogen and oxygen atoms in total. The summed E-state index contributed by atoms with van der Waals surface area (Å²) in [6, 6.07) is 5.56. The Labute approximate surface area is 195 Å². The summed E-state index contributed by atoms with van der Waals surface area (Å²) in [5.74, 6) is 0.606. The normalized spacial score (nSPS) is 16.2. The van der Waals surface area contributed by atoms with Crippen LogP contribution in [0.2, 0.25) is 5.02 Å². The van der Waals surface area contributed by atoms with Crippen LogP contribution in [0, 0.1) is 6.92 Å². The van der Waals surface area contributed by atoms with Gasteiger partial charge in [-0.15, -0.1) is 24.0 Å². The molecule has 1 atom stereocenters. The van der Waals surface area contributed by atoms with E-state index in [0.717, 1.165) is 31.6 Å². The first-order chi connectivity index (χ1) is 13.6. The number of hydrogen-bond acceptors (Lipinski definition) is 4. The Morgan fingerprint density at radius 2 is 2.21 bits per heavy atom. The van der Waals surface area contributed by atoms with Crippen LogP contribution in [0.4, 0.5) is 5.69 Å². The number of rotatable bonds is 10. The summed E-state index contributed by atoms with van der Waals surface area (Å²) in [5.41, 5.74) is 1.68. The third-order valence-electron chi connectivity index (χ3n) is 4.20. The number of amides is 1.